The lowest BCUT2D eigenvalue weighted by atomic mass is 9.95. The molecule has 0 N–H and O–H groups in total. The molecule has 0 fully saturated rings. The van der Waals surface area contributed by atoms with Crippen LogP contribution >= 0.6 is 11.3 Å². The number of carbonyl (C=O) groups is 2. The highest BCUT2D eigenvalue weighted by molar-refractivity contribution is 7.10. The maximum Gasteiger partial charge on any atom is 0.325 e. The molecule has 0 saturated heterocycles. The number of aryl methyl sites for hydroxylation is 1. The summed E-state index contributed by atoms with van der Waals surface area (Å²) in [5, 5.41) is 1.94. The van der Waals surface area contributed by atoms with Gasteiger partial charge in [0.2, 0.25) is 0 Å². The van der Waals surface area contributed by atoms with E-state index in [9.17, 15) is 9.59 Å². The Hall–Kier alpha value is -1.36. The number of methoxy groups -OCH3 is 1. The highest BCUT2D eigenvalue weighted by atomic mass is 32.1. The van der Waals surface area contributed by atoms with Crippen molar-refractivity contribution in [2.45, 2.75) is 32.6 Å². The molecule has 0 aliphatic heterocycles. The van der Waals surface area contributed by atoms with Gasteiger partial charge >= 0.3 is 5.97 Å². The molecule has 104 valence electrons. The van der Waals surface area contributed by atoms with Crippen LogP contribution in [0.5, 0.6) is 0 Å². The minimum Gasteiger partial charge on any atom is -0.468 e. The molecular weight excluding hydrogens is 262 g/mol. The van der Waals surface area contributed by atoms with Gasteiger partial charge in [-0.1, -0.05) is 0 Å². The number of rotatable bonds is 4. The summed E-state index contributed by atoms with van der Waals surface area (Å²) in [5.41, 5.74) is 1.98. The van der Waals surface area contributed by atoms with Crippen LogP contribution in [0.3, 0.4) is 0 Å². The van der Waals surface area contributed by atoms with Crippen molar-refractivity contribution in [2.75, 3.05) is 20.2 Å². The molecule has 2 rings (SSSR count). The Morgan fingerprint density at radius 3 is 2.79 bits per heavy atom. The van der Waals surface area contributed by atoms with E-state index in [4.69, 9.17) is 0 Å². The molecule has 0 unspecified atom stereocenters. The van der Waals surface area contributed by atoms with Gasteiger partial charge in [0.1, 0.15) is 6.54 Å². The first-order valence-electron chi connectivity index (χ1n) is 6.62. The third-order valence-corrected chi connectivity index (χ3v) is 4.60. The number of hydrogen-bond acceptors (Lipinski definition) is 4. The molecule has 1 aromatic rings. The number of amides is 1. The molecule has 1 aliphatic carbocycles. The molecule has 0 aromatic carbocycles. The van der Waals surface area contributed by atoms with E-state index in [1.165, 1.54) is 24.0 Å². The van der Waals surface area contributed by atoms with Gasteiger partial charge in [0.15, 0.2) is 0 Å². The molecule has 1 amide bonds. The first-order chi connectivity index (χ1) is 9.17. The van der Waals surface area contributed by atoms with Gasteiger partial charge in [-0.25, -0.2) is 0 Å². The third-order valence-electron chi connectivity index (χ3n) is 3.51. The van der Waals surface area contributed by atoms with E-state index in [1.807, 2.05) is 12.3 Å². The highest BCUT2D eigenvalue weighted by Crippen LogP contribution is 2.30. The summed E-state index contributed by atoms with van der Waals surface area (Å²) in [7, 11) is 1.34. The van der Waals surface area contributed by atoms with E-state index in [0.29, 0.717) is 6.54 Å². The van der Waals surface area contributed by atoms with Crippen molar-refractivity contribution in [1.29, 1.82) is 0 Å². The molecule has 1 aromatic heterocycles. The van der Waals surface area contributed by atoms with Crippen LogP contribution in [-0.4, -0.2) is 37.0 Å². The minimum absolute atomic E-state index is 0.0243. The lowest BCUT2D eigenvalue weighted by molar-refractivity contribution is -0.141. The second-order valence-electron chi connectivity index (χ2n) is 4.65. The van der Waals surface area contributed by atoms with Crippen molar-refractivity contribution in [1.82, 2.24) is 4.90 Å². The van der Waals surface area contributed by atoms with Crippen LogP contribution in [0.1, 0.15) is 40.6 Å². The minimum atomic E-state index is -0.376. The van der Waals surface area contributed by atoms with E-state index in [1.54, 1.807) is 16.2 Å². The van der Waals surface area contributed by atoms with Gasteiger partial charge in [-0.2, -0.15) is 0 Å². The van der Waals surface area contributed by atoms with Crippen LogP contribution < -0.4 is 0 Å². The number of esters is 1. The molecule has 0 atom stereocenters. The standard InChI is InChI=1S/C14H19NO3S/c1-3-15(8-13(16)18-2)14(17)11-9-19-12-7-5-4-6-10(11)12/h9H,3-8H2,1-2H3. The Bertz CT molecular complexity index is 481. The van der Waals surface area contributed by atoms with Crippen molar-refractivity contribution < 1.29 is 14.3 Å². The lowest BCUT2D eigenvalue weighted by Gasteiger charge is -2.20. The Kier molecular flexibility index (Phi) is 4.58. The maximum absolute atomic E-state index is 12.5. The number of carbonyl (C=O) groups excluding carboxylic acids is 2. The summed E-state index contributed by atoms with van der Waals surface area (Å²) in [4.78, 5) is 26.7. The van der Waals surface area contributed by atoms with Crippen LogP contribution in [0.15, 0.2) is 5.38 Å². The molecule has 0 saturated carbocycles. The van der Waals surface area contributed by atoms with Crippen molar-refractivity contribution in [3.8, 4) is 0 Å². The van der Waals surface area contributed by atoms with Gasteiger partial charge < -0.3 is 9.64 Å². The normalized spacial score (nSPS) is 13.8. The molecule has 1 heterocycles. The zero-order chi connectivity index (χ0) is 13.8. The van der Waals surface area contributed by atoms with E-state index in [2.05, 4.69) is 4.74 Å². The van der Waals surface area contributed by atoms with E-state index in [-0.39, 0.29) is 18.4 Å². The van der Waals surface area contributed by atoms with E-state index < -0.39 is 0 Å². The molecule has 1 aliphatic rings. The average Bonchev–Trinajstić information content (AvgIpc) is 2.87. The quantitative estimate of drug-likeness (QED) is 0.795. The van der Waals surface area contributed by atoms with Crippen molar-refractivity contribution >= 4 is 23.2 Å². The first-order valence-corrected chi connectivity index (χ1v) is 7.50. The summed E-state index contributed by atoms with van der Waals surface area (Å²) in [6.45, 7) is 2.41. The molecule has 0 radical (unpaired) electrons. The van der Waals surface area contributed by atoms with Crippen molar-refractivity contribution in [3.05, 3.63) is 21.4 Å². The molecule has 5 heteroatoms. The van der Waals surface area contributed by atoms with E-state index in [0.717, 1.165) is 24.8 Å². The summed E-state index contributed by atoms with van der Waals surface area (Å²) < 4.78 is 4.63. The van der Waals surface area contributed by atoms with Gasteiger partial charge in [0.25, 0.3) is 5.91 Å². The fourth-order valence-electron chi connectivity index (χ4n) is 2.39. The van der Waals surface area contributed by atoms with Crippen LogP contribution in [0.2, 0.25) is 0 Å². The average molecular weight is 281 g/mol. The van der Waals surface area contributed by atoms with Crippen LogP contribution in [0.25, 0.3) is 0 Å². The molecule has 0 bridgehead atoms. The van der Waals surface area contributed by atoms with Crippen LogP contribution in [-0.2, 0) is 22.4 Å². The molecule has 4 nitrogen and oxygen atoms in total. The fraction of sp³-hybridized carbons (Fsp3) is 0.571. The number of likely N-dealkylation sites (N-methyl/N-ethyl adjacent to an activating group) is 1. The topological polar surface area (TPSA) is 46.6 Å². The van der Waals surface area contributed by atoms with Gasteiger partial charge in [-0.05, 0) is 38.2 Å². The predicted molar refractivity (Wildman–Crippen MR) is 74.6 cm³/mol. The zero-order valence-corrected chi connectivity index (χ0v) is 12.2. The zero-order valence-electron chi connectivity index (χ0n) is 11.4. The number of nitrogens with zero attached hydrogens (tertiary/aromatic N) is 1. The van der Waals surface area contributed by atoms with Gasteiger partial charge in [0.05, 0.1) is 12.7 Å². The summed E-state index contributed by atoms with van der Waals surface area (Å²) in [6.07, 6.45) is 4.42. The summed E-state index contributed by atoms with van der Waals surface area (Å²) >= 11 is 1.67. The van der Waals surface area contributed by atoms with E-state index >= 15 is 0 Å². The Balaban J connectivity index is 2.18. The summed E-state index contributed by atoms with van der Waals surface area (Å²) in [6, 6.07) is 0. The number of ether oxygens (including phenoxy) is 1. The summed E-state index contributed by atoms with van der Waals surface area (Å²) in [5.74, 6) is -0.424. The Morgan fingerprint density at radius 2 is 2.11 bits per heavy atom. The Labute approximate surface area is 117 Å². The van der Waals surface area contributed by atoms with Gasteiger partial charge in [-0.15, -0.1) is 11.3 Å². The predicted octanol–water partition coefficient (Wildman–Crippen LogP) is 2.26. The molecule has 0 spiro atoms. The SMILES string of the molecule is CCN(CC(=O)OC)C(=O)c1csc2c1CCCC2. The van der Waals surface area contributed by atoms with Crippen molar-refractivity contribution in [3.63, 3.8) is 0 Å². The lowest BCUT2D eigenvalue weighted by Crippen LogP contribution is -2.36. The number of fused-ring (bicyclic) bond motifs is 1. The van der Waals surface area contributed by atoms with Crippen LogP contribution in [0, 0.1) is 0 Å². The smallest absolute Gasteiger partial charge is 0.325 e. The molecule has 19 heavy (non-hydrogen) atoms. The number of thiophene rings is 1. The third kappa shape index (κ3) is 2.97. The second-order valence-corrected chi connectivity index (χ2v) is 5.62. The Morgan fingerprint density at radius 1 is 1.37 bits per heavy atom. The van der Waals surface area contributed by atoms with Gasteiger partial charge in [0, 0.05) is 16.8 Å². The fourth-order valence-corrected chi connectivity index (χ4v) is 3.51. The highest BCUT2D eigenvalue weighted by Gasteiger charge is 2.24. The number of hydrogen-bond donors (Lipinski definition) is 0. The first kappa shape index (κ1) is 14.1. The largest absolute Gasteiger partial charge is 0.468 e. The van der Waals surface area contributed by atoms with Crippen molar-refractivity contribution in [2.24, 2.45) is 0 Å². The molecular formula is C14H19NO3S. The monoisotopic (exact) mass is 281 g/mol. The van der Waals surface area contributed by atoms with Crippen LogP contribution in [0.4, 0.5) is 0 Å². The van der Waals surface area contributed by atoms with Gasteiger partial charge in [-0.3, -0.25) is 9.59 Å². The second kappa shape index (κ2) is 6.19. The maximum atomic E-state index is 12.5.